The van der Waals surface area contributed by atoms with Gasteiger partial charge in [-0.1, -0.05) is 18.2 Å². The summed E-state index contributed by atoms with van der Waals surface area (Å²) in [5.41, 5.74) is 4.84. The number of aromatic nitrogens is 4. The highest BCUT2D eigenvalue weighted by atomic mass is 16.1. The van der Waals surface area contributed by atoms with E-state index in [1.54, 1.807) is 18.6 Å². The van der Waals surface area contributed by atoms with Gasteiger partial charge in [-0.15, -0.1) is 0 Å². The largest absolute Gasteiger partial charge is 0.358 e. The summed E-state index contributed by atoms with van der Waals surface area (Å²) in [4.78, 5) is 24.0. The highest BCUT2D eigenvalue weighted by Crippen LogP contribution is 2.22. The first-order valence-electron chi connectivity index (χ1n) is 7.81. The molecule has 3 heterocycles. The van der Waals surface area contributed by atoms with Gasteiger partial charge in [-0.25, -0.2) is 4.98 Å². The molecule has 1 aromatic carbocycles. The van der Waals surface area contributed by atoms with Crippen LogP contribution < -0.4 is 5.32 Å². The van der Waals surface area contributed by atoms with E-state index in [0.717, 1.165) is 33.5 Å². The molecule has 0 atom stereocenters. The van der Waals surface area contributed by atoms with Crippen LogP contribution in [0.25, 0.3) is 16.6 Å². The van der Waals surface area contributed by atoms with Crippen LogP contribution in [0.1, 0.15) is 17.0 Å². The Morgan fingerprint density at radius 1 is 1.29 bits per heavy atom. The van der Waals surface area contributed by atoms with Gasteiger partial charge in [-0.05, 0) is 18.6 Å². The molecule has 0 saturated heterocycles. The Hall–Kier alpha value is -3.15. The van der Waals surface area contributed by atoms with Crippen molar-refractivity contribution in [1.29, 1.82) is 0 Å². The molecule has 6 heteroatoms. The predicted molar refractivity (Wildman–Crippen MR) is 91.6 cm³/mol. The zero-order chi connectivity index (χ0) is 16.5. The maximum Gasteiger partial charge on any atom is 0.224 e. The van der Waals surface area contributed by atoms with Crippen LogP contribution in [0.4, 0.5) is 0 Å². The van der Waals surface area contributed by atoms with Gasteiger partial charge in [0, 0.05) is 29.0 Å². The number of para-hydroxylation sites is 1. The minimum Gasteiger partial charge on any atom is -0.358 e. The quantitative estimate of drug-likeness (QED) is 0.606. The number of aromatic amines is 1. The van der Waals surface area contributed by atoms with Crippen LogP contribution in [-0.2, 0) is 17.8 Å². The van der Waals surface area contributed by atoms with Crippen LogP contribution >= 0.6 is 0 Å². The van der Waals surface area contributed by atoms with Crippen LogP contribution in [0.5, 0.6) is 0 Å². The van der Waals surface area contributed by atoms with Gasteiger partial charge in [0.15, 0.2) is 5.65 Å². The zero-order valence-electron chi connectivity index (χ0n) is 13.3. The molecule has 0 aliphatic rings. The summed E-state index contributed by atoms with van der Waals surface area (Å²) in [5.74, 6) is -0.00754. The monoisotopic (exact) mass is 319 g/mol. The van der Waals surface area contributed by atoms with Crippen LogP contribution in [0, 0.1) is 6.92 Å². The number of rotatable bonds is 4. The van der Waals surface area contributed by atoms with Gasteiger partial charge >= 0.3 is 0 Å². The van der Waals surface area contributed by atoms with Crippen molar-refractivity contribution in [1.82, 2.24) is 24.7 Å². The van der Waals surface area contributed by atoms with Crippen LogP contribution in [-0.4, -0.2) is 25.3 Å². The molecule has 6 nitrogen and oxygen atoms in total. The fourth-order valence-corrected chi connectivity index (χ4v) is 3.00. The molecule has 1 amide bonds. The molecule has 120 valence electrons. The van der Waals surface area contributed by atoms with E-state index in [2.05, 4.69) is 20.3 Å². The van der Waals surface area contributed by atoms with Crippen LogP contribution in [0.15, 0.2) is 49.1 Å². The summed E-state index contributed by atoms with van der Waals surface area (Å²) in [6.45, 7) is 2.44. The first kappa shape index (κ1) is 14.4. The molecule has 3 aromatic heterocycles. The molecular weight excluding hydrogens is 302 g/mol. The van der Waals surface area contributed by atoms with Gasteiger partial charge < -0.3 is 10.3 Å². The number of amides is 1. The summed E-state index contributed by atoms with van der Waals surface area (Å²) in [7, 11) is 0. The molecular formula is C18H17N5O. The van der Waals surface area contributed by atoms with E-state index in [0.29, 0.717) is 13.0 Å². The number of benzene rings is 1. The van der Waals surface area contributed by atoms with Gasteiger partial charge in [0.05, 0.1) is 31.1 Å². The number of H-pyrrole nitrogens is 1. The summed E-state index contributed by atoms with van der Waals surface area (Å²) < 4.78 is 1.92. The number of fused-ring (bicyclic) bond motifs is 2. The van der Waals surface area contributed by atoms with Gasteiger partial charge in [-0.3, -0.25) is 14.2 Å². The number of hydrogen-bond donors (Lipinski definition) is 2. The van der Waals surface area contributed by atoms with Gasteiger partial charge in [0.2, 0.25) is 5.91 Å². The second kappa shape index (κ2) is 5.81. The Morgan fingerprint density at radius 3 is 3.08 bits per heavy atom. The second-order valence-corrected chi connectivity index (χ2v) is 5.78. The second-order valence-electron chi connectivity index (χ2n) is 5.78. The van der Waals surface area contributed by atoms with Crippen LogP contribution in [0.2, 0.25) is 0 Å². The lowest BCUT2D eigenvalue weighted by Crippen LogP contribution is -2.25. The average Bonchev–Trinajstić information content (AvgIpc) is 3.15. The molecule has 0 bridgehead atoms. The molecule has 0 radical (unpaired) electrons. The Bertz CT molecular complexity index is 1030. The van der Waals surface area contributed by atoms with Crippen molar-refractivity contribution in [2.45, 2.75) is 19.9 Å². The lowest BCUT2D eigenvalue weighted by Gasteiger charge is -2.06. The first-order valence-corrected chi connectivity index (χ1v) is 7.81. The first-order chi connectivity index (χ1) is 11.7. The third-order valence-electron chi connectivity index (χ3n) is 4.22. The summed E-state index contributed by atoms with van der Waals surface area (Å²) in [6, 6.07) is 8.04. The van der Waals surface area contributed by atoms with Crippen molar-refractivity contribution in [2.75, 3.05) is 0 Å². The van der Waals surface area contributed by atoms with E-state index in [1.807, 2.05) is 41.8 Å². The van der Waals surface area contributed by atoms with Crippen molar-refractivity contribution in [3.05, 3.63) is 66.0 Å². The topological polar surface area (TPSA) is 75.1 Å². The predicted octanol–water partition coefficient (Wildman–Crippen LogP) is 2.38. The van der Waals surface area contributed by atoms with Gasteiger partial charge in [-0.2, -0.15) is 0 Å². The normalized spacial score (nSPS) is 11.2. The van der Waals surface area contributed by atoms with E-state index in [1.165, 1.54) is 0 Å². The summed E-state index contributed by atoms with van der Waals surface area (Å²) >= 11 is 0. The molecule has 0 aliphatic heterocycles. The lowest BCUT2D eigenvalue weighted by molar-refractivity contribution is -0.120. The molecule has 0 unspecified atom stereocenters. The number of carbonyl (C=O) groups excluding carboxylic acids is 1. The minimum atomic E-state index is -0.00754. The molecule has 24 heavy (non-hydrogen) atoms. The Kier molecular flexibility index (Phi) is 3.49. The average molecular weight is 319 g/mol. The van der Waals surface area contributed by atoms with Crippen molar-refractivity contribution in [3.8, 4) is 0 Å². The van der Waals surface area contributed by atoms with Gasteiger partial charge in [0.1, 0.15) is 0 Å². The van der Waals surface area contributed by atoms with Crippen molar-refractivity contribution < 1.29 is 4.79 Å². The van der Waals surface area contributed by atoms with E-state index < -0.39 is 0 Å². The number of hydrogen-bond acceptors (Lipinski definition) is 3. The third-order valence-corrected chi connectivity index (χ3v) is 4.22. The molecule has 0 spiro atoms. The highest BCUT2D eigenvalue weighted by molar-refractivity contribution is 5.90. The standard InChI is InChI=1S/C18H17N5O/c1-12-15(14-4-2-3-5-16(14)22-12)8-18(24)21-10-13-9-20-17-11-19-6-7-23(13)17/h2-7,9,11,22H,8,10H2,1H3,(H,21,24). The fraction of sp³-hybridized carbons (Fsp3) is 0.167. The van der Waals surface area contributed by atoms with Crippen molar-refractivity contribution in [2.24, 2.45) is 0 Å². The minimum absolute atomic E-state index is 0.00754. The number of nitrogens with zero attached hydrogens (tertiary/aromatic N) is 3. The zero-order valence-corrected chi connectivity index (χ0v) is 13.3. The number of imidazole rings is 1. The Balaban J connectivity index is 1.49. The molecule has 2 N–H and O–H groups in total. The molecule has 4 aromatic rings. The molecule has 0 fully saturated rings. The number of carbonyl (C=O) groups is 1. The van der Waals surface area contributed by atoms with E-state index in [4.69, 9.17) is 0 Å². The van der Waals surface area contributed by atoms with E-state index >= 15 is 0 Å². The third kappa shape index (κ3) is 2.52. The van der Waals surface area contributed by atoms with Crippen molar-refractivity contribution in [3.63, 3.8) is 0 Å². The molecule has 0 aliphatic carbocycles. The van der Waals surface area contributed by atoms with E-state index in [9.17, 15) is 4.79 Å². The fourth-order valence-electron chi connectivity index (χ4n) is 3.00. The Labute approximate surface area is 138 Å². The smallest absolute Gasteiger partial charge is 0.224 e. The molecule has 4 rings (SSSR count). The number of aryl methyl sites for hydroxylation is 1. The number of nitrogens with one attached hydrogen (secondary N) is 2. The SMILES string of the molecule is Cc1[nH]c2ccccc2c1CC(=O)NCc1cnc2cnccn12. The highest BCUT2D eigenvalue weighted by Gasteiger charge is 2.12. The maximum absolute atomic E-state index is 12.4. The van der Waals surface area contributed by atoms with Crippen LogP contribution in [0.3, 0.4) is 0 Å². The summed E-state index contributed by atoms with van der Waals surface area (Å²) in [5, 5.41) is 4.08. The molecule has 0 saturated carbocycles. The lowest BCUT2D eigenvalue weighted by atomic mass is 10.1. The summed E-state index contributed by atoms with van der Waals surface area (Å²) in [6.07, 6.45) is 7.35. The van der Waals surface area contributed by atoms with Gasteiger partial charge in [0.25, 0.3) is 0 Å². The van der Waals surface area contributed by atoms with Crippen molar-refractivity contribution >= 4 is 22.5 Å². The Morgan fingerprint density at radius 2 is 2.17 bits per heavy atom. The van der Waals surface area contributed by atoms with E-state index in [-0.39, 0.29) is 5.91 Å². The maximum atomic E-state index is 12.4.